The molecule has 0 aliphatic rings. The first-order chi connectivity index (χ1) is 8.00. The number of ketones is 1. The van der Waals surface area contributed by atoms with Crippen molar-refractivity contribution in [2.75, 3.05) is 12.0 Å². The van der Waals surface area contributed by atoms with E-state index in [1.165, 1.54) is 12.5 Å². The van der Waals surface area contributed by atoms with Gasteiger partial charge in [0.1, 0.15) is 11.3 Å². The van der Waals surface area contributed by atoms with Crippen molar-refractivity contribution in [2.24, 2.45) is 0 Å². The summed E-state index contributed by atoms with van der Waals surface area (Å²) in [7, 11) is -1.22. The Morgan fingerprint density at radius 1 is 1.53 bits per heavy atom. The Morgan fingerprint density at radius 3 is 2.88 bits per heavy atom. The maximum Gasteiger partial charge on any atom is 0.179 e. The van der Waals surface area contributed by atoms with Gasteiger partial charge in [-0.15, -0.1) is 0 Å². The van der Waals surface area contributed by atoms with Gasteiger partial charge in [0.25, 0.3) is 0 Å². The van der Waals surface area contributed by atoms with Crippen molar-refractivity contribution in [1.82, 2.24) is 0 Å². The number of benzene rings is 1. The molecule has 0 saturated heterocycles. The van der Waals surface area contributed by atoms with Crippen LogP contribution in [0.15, 0.2) is 22.8 Å². The maximum atomic E-state index is 11.9. The Labute approximate surface area is 101 Å². The minimum Gasteiger partial charge on any atom is -0.506 e. The van der Waals surface area contributed by atoms with Crippen molar-refractivity contribution in [3.8, 4) is 5.75 Å². The highest BCUT2D eigenvalue weighted by molar-refractivity contribution is 7.85. The van der Waals surface area contributed by atoms with Crippen LogP contribution >= 0.6 is 0 Å². The molecular formula is C12H12O4S. The van der Waals surface area contributed by atoms with Gasteiger partial charge in [0.05, 0.1) is 23.0 Å². The number of hydrogen-bond acceptors (Lipinski definition) is 4. The molecule has 1 N–H and O–H groups in total. The van der Waals surface area contributed by atoms with Gasteiger partial charge in [-0.1, -0.05) is 0 Å². The fourth-order valence-corrected chi connectivity index (χ4v) is 2.34. The molecule has 0 saturated carbocycles. The van der Waals surface area contributed by atoms with E-state index < -0.39 is 10.8 Å². The lowest BCUT2D eigenvalue weighted by Gasteiger charge is -2.07. The molecule has 1 heterocycles. The third kappa shape index (κ3) is 2.10. The van der Waals surface area contributed by atoms with Crippen molar-refractivity contribution >= 4 is 27.6 Å². The van der Waals surface area contributed by atoms with Gasteiger partial charge in [-0.05, 0) is 24.6 Å². The third-order valence-corrected chi connectivity index (χ3v) is 3.21. The second-order valence-electron chi connectivity index (χ2n) is 3.89. The van der Waals surface area contributed by atoms with Gasteiger partial charge in [-0.3, -0.25) is 9.00 Å². The second-order valence-corrected chi connectivity index (χ2v) is 5.33. The molecule has 0 aliphatic heterocycles. The lowest BCUT2D eigenvalue weighted by molar-refractivity contribution is 0.101. The Balaban J connectivity index is 2.60. The Kier molecular flexibility index (Phi) is 3.02. The maximum absolute atomic E-state index is 11.9. The van der Waals surface area contributed by atoms with Gasteiger partial charge in [-0.2, -0.15) is 0 Å². The number of carbonyl (C=O) groups is 1. The van der Waals surface area contributed by atoms with E-state index in [9.17, 15) is 14.1 Å². The zero-order valence-corrected chi connectivity index (χ0v) is 10.3. The number of aromatic hydroxyl groups is 1. The minimum atomic E-state index is -1.22. The average molecular weight is 252 g/mol. The molecule has 90 valence electrons. The van der Waals surface area contributed by atoms with E-state index in [4.69, 9.17) is 4.42 Å². The standard InChI is InChI=1S/C12H12O4S/c1-7-5-10-8(3-4-16-10)12(14)11(7)9(13)6-17(2)15/h3-5,14H,6H2,1-2H3. The van der Waals surface area contributed by atoms with Gasteiger partial charge in [0, 0.05) is 17.1 Å². The van der Waals surface area contributed by atoms with E-state index >= 15 is 0 Å². The SMILES string of the molecule is Cc1cc2occc2c(O)c1C(=O)CS(C)=O. The van der Waals surface area contributed by atoms with Crippen LogP contribution in [0.1, 0.15) is 15.9 Å². The first kappa shape index (κ1) is 11.9. The zero-order chi connectivity index (χ0) is 12.6. The van der Waals surface area contributed by atoms with Crippen molar-refractivity contribution in [3.63, 3.8) is 0 Å². The number of furan rings is 1. The third-order valence-electron chi connectivity index (χ3n) is 2.54. The van der Waals surface area contributed by atoms with E-state index in [0.29, 0.717) is 16.5 Å². The Morgan fingerprint density at radius 2 is 2.24 bits per heavy atom. The van der Waals surface area contributed by atoms with Crippen LogP contribution in [0.2, 0.25) is 0 Å². The molecule has 0 aliphatic carbocycles. The van der Waals surface area contributed by atoms with Crippen molar-refractivity contribution in [3.05, 3.63) is 29.5 Å². The lowest BCUT2D eigenvalue weighted by Crippen LogP contribution is -2.11. The number of carbonyl (C=O) groups excluding carboxylic acids is 1. The van der Waals surface area contributed by atoms with Crippen LogP contribution in [0.4, 0.5) is 0 Å². The molecule has 2 rings (SSSR count). The van der Waals surface area contributed by atoms with Crippen LogP contribution in [0, 0.1) is 6.92 Å². The molecular weight excluding hydrogens is 240 g/mol. The normalized spacial score (nSPS) is 12.8. The van der Waals surface area contributed by atoms with Crippen molar-refractivity contribution in [1.29, 1.82) is 0 Å². The molecule has 0 spiro atoms. The molecule has 1 aromatic carbocycles. The molecule has 2 aromatic rings. The summed E-state index contributed by atoms with van der Waals surface area (Å²) in [6.45, 7) is 1.72. The van der Waals surface area contributed by atoms with Crippen molar-refractivity contribution < 1.29 is 18.5 Å². The quantitative estimate of drug-likeness (QED) is 0.848. The molecule has 1 unspecified atom stereocenters. The second kappa shape index (κ2) is 4.33. The molecule has 1 aromatic heterocycles. The summed E-state index contributed by atoms with van der Waals surface area (Å²) in [6.07, 6.45) is 2.91. The van der Waals surface area contributed by atoms with Crippen LogP contribution in [0.3, 0.4) is 0 Å². The zero-order valence-electron chi connectivity index (χ0n) is 9.52. The van der Waals surface area contributed by atoms with E-state index in [0.717, 1.165) is 0 Å². The van der Waals surface area contributed by atoms with Crippen LogP contribution < -0.4 is 0 Å². The topological polar surface area (TPSA) is 67.5 Å². The molecule has 0 radical (unpaired) electrons. The number of Topliss-reactive ketones (excluding diaryl/α,β-unsaturated/α-hetero) is 1. The minimum absolute atomic E-state index is 0.0856. The summed E-state index contributed by atoms with van der Waals surface area (Å²) in [5.41, 5.74) is 1.39. The van der Waals surface area contributed by atoms with E-state index in [1.807, 2.05) is 0 Å². The largest absolute Gasteiger partial charge is 0.506 e. The van der Waals surface area contributed by atoms with Crippen LogP contribution in [-0.4, -0.2) is 27.1 Å². The number of phenolic OH excluding ortho intramolecular Hbond substituents is 1. The summed E-state index contributed by atoms with van der Waals surface area (Å²) >= 11 is 0. The molecule has 5 heteroatoms. The number of rotatable bonds is 3. The fourth-order valence-electron chi connectivity index (χ4n) is 1.83. The first-order valence-corrected chi connectivity index (χ1v) is 6.76. The van der Waals surface area contributed by atoms with Crippen LogP contribution in [-0.2, 0) is 10.8 Å². The highest BCUT2D eigenvalue weighted by Crippen LogP contribution is 2.32. The number of hydrogen-bond donors (Lipinski definition) is 1. The molecule has 1 atom stereocenters. The monoisotopic (exact) mass is 252 g/mol. The first-order valence-electron chi connectivity index (χ1n) is 5.03. The molecule has 4 nitrogen and oxygen atoms in total. The Hall–Kier alpha value is -1.62. The predicted molar refractivity (Wildman–Crippen MR) is 65.9 cm³/mol. The number of phenols is 1. The van der Waals surface area contributed by atoms with Gasteiger partial charge < -0.3 is 9.52 Å². The van der Waals surface area contributed by atoms with Gasteiger partial charge >= 0.3 is 0 Å². The highest BCUT2D eigenvalue weighted by Gasteiger charge is 2.19. The number of fused-ring (bicyclic) bond motifs is 1. The van der Waals surface area contributed by atoms with Gasteiger partial charge in [0.15, 0.2) is 5.78 Å². The Bertz CT molecular complexity index is 612. The van der Waals surface area contributed by atoms with Crippen molar-refractivity contribution in [2.45, 2.75) is 6.92 Å². The molecule has 0 bridgehead atoms. The molecule has 0 amide bonds. The summed E-state index contributed by atoms with van der Waals surface area (Å²) in [5.74, 6) is -0.495. The van der Waals surface area contributed by atoms with Gasteiger partial charge in [0.2, 0.25) is 0 Å². The number of aryl methyl sites for hydroxylation is 1. The smallest absolute Gasteiger partial charge is 0.179 e. The van der Waals surface area contributed by atoms with E-state index in [2.05, 4.69) is 0 Å². The highest BCUT2D eigenvalue weighted by atomic mass is 32.2. The fraction of sp³-hybridized carbons (Fsp3) is 0.250. The van der Waals surface area contributed by atoms with E-state index in [1.54, 1.807) is 19.1 Å². The van der Waals surface area contributed by atoms with Crippen LogP contribution in [0.25, 0.3) is 11.0 Å². The molecule has 0 fully saturated rings. The average Bonchev–Trinajstić information content (AvgIpc) is 2.64. The lowest BCUT2D eigenvalue weighted by atomic mass is 10.0. The summed E-state index contributed by atoms with van der Waals surface area (Å²) in [4.78, 5) is 11.9. The van der Waals surface area contributed by atoms with E-state index in [-0.39, 0.29) is 22.8 Å². The summed E-state index contributed by atoms with van der Waals surface area (Å²) in [5, 5.41) is 10.5. The summed E-state index contributed by atoms with van der Waals surface area (Å²) in [6, 6.07) is 3.30. The predicted octanol–water partition coefficient (Wildman–Crippen LogP) is 2.01. The van der Waals surface area contributed by atoms with Crippen LogP contribution in [0.5, 0.6) is 5.75 Å². The molecule has 17 heavy (non-hydrogen) atoms. The summed E-state index contributed by atoms with van der Waals surface area (Å²) < 4.78 is 16.2. The van der Waals surface area contributed by atoms with Gasteiger partial charge in [-0.25, -0.2) is 0 Å².